The van der Waals surface area contributed by atoms with Crippen molar-refractivity contribution in [3.05, 3.63) is 29.3 Å². The van der Waals surface area contributed by atoms with Gasteiger partial charge in [-0.05, 0) is 38.4 Å². The Hall–Kier alpha value is -1.59. The van der Waals surface area contributed by atoms with Gasteiger partial charge in [0.05, 0.1) is 18.3 Å². The van der Waals surface area contributed by atoms with Crippen LogP contribution in [0.1, 0.15) is 28.8 Å². The van der Waals surface area contributed by atoms with Gasteiger partial charge in [-0.3, -0.25) is 4.79 Å². The average Bonchev–Trinajstić information content (AvgIpc) is 2.48. The van der Waals surface area contributed by atoms with Crippen LogP contribution in [-0.4, -0.2) is 55.3 Å². The van der Waals surface area contributed by atoms with Crippen LogP contribution in [0.15, 0.2) is 18.2 Å². The van der Waals surface area contributed by atoms with E-state index in [1.165, 1.54) is 0 Å². The number of rotatable bonds is 4. The molecule has 1 heterocycles. The van der Waals surface area contributed by atoms with Crippen LogP contribution in [0.4, 0.5) is 0 Å². The van der Waals surface area contributed by atoms with Gasteiger partial charge in [-0.15, -0.1) is 0 Å². The lowest BCUT2D eigenvalue weighted by Gasteiger charge is -2.36. The molecule has 21 heavy (non-hydrogen) atoms. The van der Waals surface area contributed by atoms with E-state index in [4.69, 9.17) is 4.74 Å². The second-order valence-electron chi connectivity index (χ2n) is 5.86. The van der Waals surface area contributed by atoms with E-state index < -0.39 is 5.60 Å². The van der Waals surface area contributed by atoms with Gasteiger partial charge in [0.15, 0.2) is 0 Å². The van der Waals surface area contributed by atoms with Crippen LogP contribution < -0.4 is 10.1 Å². The number of hydrogen-bond acceptors (Lipinski definition) is 4. The summed E-state index contributed by atoms with van der Waals surface area (Å²) in [4.78, 5) is 14.6. The number of amides is 1. The Morgan fingerprint density at radius 2 is 2.10 bits per heavy atom. The standard InChI is InChI=1S/C16H24N2O3/c1-12-5-4-6-13(21-3)14(12)15(19)17-11-16(20)7-9-18(2)10-8-16/h4-6,20H,7-11H2,1-3H3,(H,17,19). The highest BCUT2D eigenvalue weighted by atomic mass is 16.5. The molecule has 0 saturated carbocycles. The van der Waals surface area contributed by atoms with E-state index in [0.717, 1.165) is 18.7 Å². The monoisotopic (exact) mass is 292 g/mol. The Labute approximate surface area is 125 Å². The second-order valence-corrected chi connectivity index (χ2v) is 5.86. The lowest BCUT2D eigenvalue weighted by atomic mass is 9.91. The van der Waals surface area contributed by atoms with Crippen molar-refractivity contribution >= 4 is 5.91 Å². The highest BCUT2D eigenvalue weighted by Crippen LogP contribution is 2.23. The summed E-state index contributed by atoms with van der Waals surface area (Å²) < 4.78 is 5.25. The van der Waals surface area contributed by atoms with Crippen molar-refractivity contribution in [1.29, 1.82) is 0 Å². The molecule has 0 unspecified atom stereocenters. The number of piperidine rings is 1. The molecule has 0 spiro atoms. The van der Waals surface area contributed by atoms with Crippen LogP contribution in [0.25, 0.3) is 0 Å². The van der Waals surface area contributed by atoms with Gasteiger partial charge in [0.25, 0.3) is 5.91 Å². The number of nitrogens with one attached hydrogen (secondary N) is 1. The summed E-state index contributed by atoms with van der Waals surface area (Å²) in [6.45, 7) is 3.85. The third-order valence-corrected chi connectivity index (χ3v) is 4.18. The zero-order chi connectivity index (χ0) is 15.5. The number of aryl methyl sites for hydroxylation is 1. The number of ether oxygens (including phenoxy) is 1. The van der Waals surface area contributed by atoms with Crippen molar-refractivity contribution in [3.63, 3.8) is 0 Å². The smallest absolute Gasteiger partial charge is 0.255 e. The normalized spacial score (nSPS) is 18.3. The minimum absolute atomic E-state index is 0.197. The first-order valence-electron chi connectivity index (χ1n) is 7.28. The Kier molecular flexibility index (Phi) is 4.85. The molecule has 2 N–H and O–H groups in total. The quantitative estimate of drug-likeness (QED) is 0.875. The average molecular weight is 292 g/mol. The van der Waals surface area contributed by atoms with Crippen LogP contribution in [0, 0.1) is 6.92 Å². The summed E-state index contributed by atoms with van der Waals surface area (Å²) in [5, 5.41) is 13.4. The van der Waals surface area contributed by atoms with Crippen LogP contribution >= 0.6 is 0 Å². The topological polar surface area (TPSA) is 61.8 Å². The third kappa shape index (κ3) is 3.74. The summed E-state index contributed by atoms with van der Waals surface area (Å²) in [6.07, 6.45) is 1.35. The molecule has 0 bridgehead atoms. The van der Waals surface area contributed by atoms with Crippen molar-refractivity contribution in [3.8, 4) is 5.75 Å². The molecule has 2 rings (SSSR count). The summed E-state index contributed by atoms with van der Waals surface area (Å²) in [6, 6.07) is 5.50. The summed E-state index contributed by atoms with van der Waals surface area (Å²) >= 11 is 0. The van der Waals surface area contributed by atoms with E-state index in [2.05, 4.69) is 10.2 Å². The first-order chi connectivity index (χ1) is 9.95. The highest BCUT2D eigenvalue weighted by Gasteiger charge is 2.31. The Balaban J connectivity index is 2.02. The molecule has 1 fully saturated rings. The molecule has 0 atom stereocenters. The third-order valence-electron chi connectivity index (χ3n) is 4.18. The molecule has 1 saturated heterocycles. The molecule has 1 aromatic rings. The number of aliphatic hydroxyl groups is 1. The first kappa shape index (κ1) is 15.8. The van der Waals surface area contributed by atoms with E-state index in [1.54, 1.807) is 13.2 Å². The maximum absolute atomic E-state index is 12.4. The maximum Gasteiger partial charge on any atom is 0.255 e. The van der Waals surface area contributed by atoms with Gasteiger partial charge < -0.3 is 20.1 Å². The molecule has 1 aliphatic rings. The van der Waals surface area contributed by atoms with Crippen LogP contribution in [-0.2, 0) is 0 Å². The van der Waals surface area contributed by atoms with E-state index in [9.17, 15) is 9.90 Å². The van der Waals surface area contributed by atoms with Gasteiger partial charge in [0.2, 0.25) is 0 Å². The molecule has 1 amide bonds. The number of carbonyl (C=O) groups excluding carboxylic acids is 1. The SMILES string of the molecule is COc1cccc(C)c1C(=O)NCC1(O)CCN(C)CC1. The highest BCUT2D eigenvalue weighted by molar-refractivity contribution is 5.98. The van der Waals surface area contributed by atoms with Gasteiger partial charge in [-0.1, -0.05) is 12.1 Å². The Morgan fingerprint density at radius 3 is 2.71 bits per heavy atom. The molecule has 116 valence electrons. The molecular formula is C16H24N2O3. The fourth-order valence-electron chi connectivity index (χ4n) is 2.65. The minimum atomic E-state index is -0.807. The lowest BCUT2D eigenvalue weighted by Crippen LogP contribution is -2.50. The predicted molar refractivity (Wildman–Crippen MR) is 81.7 cm³/mol. The number of benzene rings is 1. The zero-order valence-electron chi connectivity index (χ0n) is 13.0. The van der Waals surface area contributed by atoms with Crippen LogP contribution in [0.3, 0.4) is 0 Å². The fraction of sp³-hybridized carbons (Fsp3) is 0.562. The van der Waals surface area contributed by atoms with E-state index >= 15 is 0 Å². The molecule has 5 nitrogen and oxygen atoms in total. The van der Waals surface area contributed by atoms with Gasteiger partial charge in [0.1, 0.15) is 5.75 Å². The molecule has 0 aromatic heterocycles. The van der Waals surface area contributed by atoms with Gasteiger partial charge in [0, 0.05) is 19.6 Å². The van der Waals surface area contributed by atoms with E-state index in [-0.39, 0.29) is 12.5 Å². The number of methoxy groups -OCH3 is 1. The maximum atomic E-state index is 12.4. The molecule has 1 aromatic carbocycles. The van der Waals surface area contributed by atoms with Crippen molar-refractivity contribution in [1.82, 2.24) is 10.2 Å². The number of carbonyl (C=O) groups is 1. The van der Waals surface area contributed by atoms with Gasteiger partial charge >= 0.3 is 0 Å². The van der Waals surface area contributed by atoms with Crippen molar-refractivity contribution in [2.24, 2.45) is 0 Å². The number of likely N-dealkylation sites (tertiary alicyclic amines) is 1. The van der Waals surface area contributed by atoms with Gasteiger partial charge in [-0.25, -0.2) is 0 Å². The van der Waals surface area contributed by atoms with E-state index in [1.807, 2.05) is 26.1 Å². The fourth-order valence-corrected chi connectivity index (χ4v) is 2.65. The summed E-state index contributed by atoms with van der Waals surface area (Å²) in [7, 11) is 3.59. The second kappa shape index (κ2) is 6.45. The van der Waals surface area contributed by atoms with Crippen molar-refractivity contribution in [2.45, 2.75) is 25.4 Å². The molecule has 5 heteroatoms. The summed E-state index contributed by atoms with van der Waals surface area (Å²) in [5.74, 6) is 0.361. The number of hydrogen-bond donors (Lipinski definition) is 2. The Morgan fingerprint density at radius 1 is 1.43 bits per heavy atom. The lowest BCUT2D eigenvalue weighted by molar-refractivity contribution is -0.0135. The van der Waals surface area contributed by atoms with Crippen molar-refractivity contribution < 1.29 is 14.6 Å². The molecular weight excluding hydrogens is 268 g/mol. The zero-order valence-corrected chi connectivity index (χ0v) is 13.0. The first-order valence-corrected chi connectivity index (χ1v) is 7.28. The van der Waals surface area contributed by atoms with Crippen molar-refractivity contribution in [2.75, 3.05) is 33.8 Å². The minimum Gasteiger partial charge on any atom is -0.496 e. The summed E-state index contributed by atoms with van der Waals surface area (Å²) in [5.41, 5.74) is 0.594. The Bertz CT molecular complexity index is 508. The molecule has 0 aliphatic carbocycles. The number of nitrogens with zero attached hydrogens (tertiary/aromatic N) is 1. The van der Waals surface area contributed by atoms with E-state index in [0.29, 0.717) is 24.2 Å². The van der Waals surface area contributed by atoms with Gasteiger partial charge in [-0.2, -0.15) is 0 Å². The van der Waals surface area contributed by atoms with Crippen LogP contribution in [0.5, 0.6) is 5.75 Å². The predicted octanol–water partition coefficient (Wildman–Crippen LogP) is 1.19. The largest absolute Gasteiger partial charge is 0.496 e. The molecule has 0 radical (unpaired) electrons. The van der Waals surface area contributed by atoms with Crippen LogP contribution in [0.2, 0.25) is 0 Å². The molecule has 1 aliphatic heterocycles.